The van der Waals surface area contributed by atoms with Gasteiger partial charge in [-0.25, -0.2) is 4.79 Å². The van der Waals surface area contributed by atoms with Crippen molar-refractivity contribution >= 4 is 12.0 Å². The van der Waals surface area contributed by atoms with Crippen LogP contribution in [-0.2, 0) is 0 Å². The Morgan fingerprint density at radius 2 is 2.20 bits per heavy atom. The van der Waals surface area contributed by atoms with E-state index in [9.17, 15) is 14.7 Å². The lowest BCUT2D eigenvalue weighted by Crippen LogP contribution is -2.47. The molecule has 2 amide bonds. The summed E-state index contributed by atoms with van der Waals surface area (Å²) >= 11 is 0. The molecule has 1 aromatic heterocycles. The van der Waals surface area contributed by atoms with Gasteiger partial charge < -0.3 is 20.4 Å². The van der Waals surface area contributed by atoms with Crippen LogP contribution in [0.5, 0.6) is 0 Å². The molecular weight excluding hydrogens is 262 g/mol. The number of β-amino-alcohol motifs (C(OH)–C–C–N with tert-alkyl or cyclic N) is 1. The van der Waals surface area contributed by atoms with Crippen LogP contribution in [0.2, 0.25) is 0 Å². The van der Waals surface area contributed by atoms with Gasteiger partial charge in [-0.1, -0.05) is 6.07 Å². The first kappa shape index (κ1) is 14.3. The fourth-order valence-electron chi connectivity index (χ4n) is 2.22. The third kappa shape index (κ3) is 3.45. The molecule has 1 aliphatic rings. The summed E-state index contributed by atoms with van der Waals surface area (Å²) in [6, 6.07) is 4.54. The summed E-state index contributed by atoms with van der Waals surface area (Å²) in [5.74, 6) is -0.363. The largest absolute Gasteiger partial charge is 0.465 e. The molecule has 2 rings (SSSR count). The molecule has 0 spiro atoms. The summed E-state index contributed by atoms with van der Waals surface area (Å²) in [6.07, 6.45) is 0.673. The Bertz CT molecular complexity index is 480. The predicted octanol–water partition coefficient (Wildman–Crippen LogP) is 0.315. The summed E-state index contributed by atoms with van der Waals surface area (Å²) in [5.41, 5.74) is 0.277. The van der Waals surface area contributed by atoms with Crippen molar-refractivity contribution in [1.82, 2.24) is 15.2 Å². The highest BCUT2D eigenvalue weighted by Gasteiger charge is 2.29. The van der Waals surface area contributed by atoms with Gasteiger partial charge in [-0.05, 0) is 25.0 Å². The molecule has 7 heteroatoms. The highest BCUT2D eigenvalue weighted by molar-refractivity contribution is 5.92. The van der Waals surface area contributed by atoms with Crippen molar-refractivity contribution in [2.75, 3.05) is 13.1 Å². The Hall–Kier alpha value is -2.15. The second-order valence-electron chi connectivity index (χ2n) is 4.73. The molecule has 0 aliphatic carbocycles. The zero-order chi connectivity index (χ0) is 14.5. The Labute approximate surface area is 116 Å². The number of amides is 2. The van der Waals surface area contributed by atoms with E-state index in [0.29, 0.717) is 19.4 Å². The zero-order valence-corrected chi connectivity index (χ0v) is 10.9. The number of carbonyl (C=O) groups is 2. The first-order valence-corrected chi connectivity index (χ1v) is 6.46. The first-order valence-electron chi connectivity index (χ1n) is 6.46. The number of carboxylic acid groups (broad SMARTS) is 1. The minimum absolute atomic E-state index is 0.00248. The second kappa shape index (κ2) is 6.33. The van der Waals surface area contributed by atoms with E-state index in [4.69, 9.17) is 5.11 Å². The molecule has 1 saturated heterocycles. The van der Waals surface area contributed by atoms with Crippen molar-refractivity contribution in [2.24, 2.45) is 0 Å². The monoisotopic (exact) mass is 279 g/mol. The van der Waals surface area contributed by atoms with Crippen molar-refractivity contribution in [3.63, 3.8) is 0 Å². The zero-order valence-electron chi connectivity index (χ0n) is 10.9. The van der Waals surface area contributed by atoms with E-state index in [1.807, 2.05) is 0 Å². The molecule has 0 radical (unpaired) electrons. The van der Waals surface area contributed by atoms with Crippen LogP contribution in [0.3, 0.4) is 0 Å². The quantitative estimate of drug-likeness (QED) is 0.723. The molecule has 1 aromatic rings. The Morgan fingerprint density at radius 1 is 1.40 bits per heavy atom. The van der Waals surface area contributed by atoms with E-state index in [1.165, 1.54) is 6.20 Å². The molecule has 0 saturated carbocycles. The normalized spacial score (nSPS) is 22.9. The number of hydrogen-bond acceptors (Lipinski definition) is 4. The smallest absolute Gasteiger partial charge is 0.407 e. The topological polar surface area (TPSA) is 103 Å². The number of rotatable bonds is 2. The van der Waals surface area contributed by atoms with E-state index in [-0.39, 0.29) is 18.1 Å². The third-order valence-electron chi connectivity index (χ3n) is 3.30. The van der Waals surface area contributed by atoms with Crippen LogP contribution in [0.1, 0.15) is 23.3 Å². The van der Waals surface area contributed by atoms with Crippen LogP contribution in [0.25, 0.3) is 0 Å². The van der Waals surface area contributed by atoms with Gasteiger partial charge in [0, 0.05) is 12.7 Å². The molecule has 0 bridgehead atoms. The maximum atomic E-state index is 12.0. The van der Waals surface area contributed by atoms with E-state index in [1.54, 1.807) is 18.2 Å². The van der Waals surface area contributed by atoms with Gasteiger partial charge in [0.25, 0.3) is 5.91 Å². The summed E-state index contributed by atoms with van der Waals surface area (Å²) in [5, 5.41) is 21.7. The fraction of sp³-hybridized carbons (Fsp3) is 0.462. The maximum absolute atomic E-state index is 12.0. The van der Waals surface area contributed by atoms with Crippen molar-refractivity contribution in [3.05, 3.63) is 30.1 Å². The number of pyridine rings is 1. The number of nitrogens with zero attached hydrogens (tertiary/aromatic N) is 2. The van der Waals surface area contributed by atoms with Gasteiger partial charge in [-0.3, -0.25) is 9.78 Å². The summed E-state index contributed by atoms with van der Waals surface area (Å²) < 4.78 is 0. The van der Waals surface area contributed by atoms with Crippen LogP contribution in [0.4, 0.5) is 4.79 Å². The average molecular weight is 279 g/mol. The number of hydrogen-bond donors (Lipinski definition) is 3. The molecule has 3 N–H and O–H groups in total. The Kier molecular flexibility index (Phi) is 4.52. The van der Waals surface area contributed by atoms with Gasteiger partial charge in [0.15, 0.2) is 0 Å². The number of nitrogens with one attached hydrogen (secondary N) is 1. The molecular formula is C13H17N3O4. The molecule has 2 unspecified atom stereocenters. The third-order valence-corrected chi connectivity index (χ3v) is 3.30. The van der Waals surface area contributed by atoms with Crippen LogP contribution < -0.4 is 5.32 Å². The standard InChI is InChI=1S/C13H17N3O4/c17-11-8-16(13(19)20)7-3-5-9(11)15-12(18)10-4-1-2-6-14-10/h1-2,4,6,9,11,17H,3,5,7-8H2,(H,15,18)(H,19,20). The van der Waals surface area contributed by atoms with Crippen molar-refractivity contribution in [1.29, 1.82) is 0 Å². The van der Waals surface area contributed by atoms with Gasteiger partial charge >= 0.3 is 6.09 Å². The van der Waals surface area contributed by atoms with Crippen LogP contribution in [0.15, 0.2) is 24.4 Å². The number of aliphatic hydroxyl groups excluding tert-OH is 1. The van der Waals surface area contributed by atoms with E-state index < -0.39 is 18.2 Å². The fourth-order valence-corrected chi connectivity index (χ4v) is 2.22. The summed E-state index contributed by atoms with van der Waals surface area (Å²) in [4.78, 5) is 28.0. The van der Waals surface area contributed by atoms with Gasteiger partial charge in [-0.2, -0.15) is 0 Å². The average Bonchev–Trinajstić information content (AvgIpc) is 2.62. The minimum atomic E-state index is -1.05. The highest BCUT2D eigenvalue weighted by Crippen LogP contribution is 2.12. The molecule has 2 heterocycles. The van der Waals surface area contributed by atoms with Gasteiger partial charge in [-0.15, -0.1) is 0 Å². The summed E-state index contributed by atoms with van der Waals surface area (Å²) in [7, 11) is 0. The van der Waals surface area contributed by atoms with Crippen molar-refractivity contribution in [3.8, 4) is 0 Å². The summed E-state index contributed by atoms with van der Waals surface area (Å²) in [6.45, 7) is 0.366. The molecule has 1 fully saturated rings. The lowest BCUT2D eigenvalue weighted by molar-refractivity contribution is 0.0741. The van der Waals surface area contributed by atoms with Gasteiger partial charge in [0.2, 0.25) is 0 Å². The van der Waals surface area contributed by atoms with Crippen LogP contribution in [-0.4, -0.2) is 57.3 Å². The lowest BCUT2D eigenvalue weighted by Gasteiger charge is -2.23. The first-order chi connectivity index (χ1) is 9.58. The van der Waals surface area contributed by atoms with Crippen LogP contribution >= 0.6 is 0 Å². The molecule has 7 nitrogen and oxygen atoms in total. The molecule has 108 valence electrons. The lowest BCUT2D eigenvalue weighted by atomic mass is 10.1. The molecule has 1 aliphatic heterocycles. The highest BCUT2D eigenvalue weighted by atomic mass is 16.4. The van der Waals surface area contributed by atoms with Crippen molar-refractivity contribution < 1.29 is 19.8 Å². The molecule has 20 heavy (non-hydrogen) atoms. The predicted molar refractivity (Wildman–Crippen MR) is 70.3 cm³/mol. The molecule has 0 aromatic carbocycles. The van der Waals surface area contributed by atoms with E-state index in [2.05, 4.69) is 10.3 Å². The van der Waals surface area contributed by atoms with Gasteiger partial charge in [0.1, 0.15) is 5.69 Å². The number of aromatic nitrogens is 1. The van der Waals surface area contributed by atoms with E-state index >= 15 is 0 Å². The Morgan fingerprint density at radius 3 is 2.85 bits per heavy atom. The van der Waals surface area contributed by atoms with Gasteiger partial charge in [0.05, 0.1) is 18.7 Å². The number of aliphatic hydroxyl groups is 1. The number of likely N-dealkylation sites (tertiary alicyclic amines) is 1. The number of carbonyl (C=O) groups excluding carboxylic acids is 1. The molecule has 2 atom stereocenters. The van der Waals surface area contributed by atoms with Crippen molar-refractivity contribution in [2.45, 2.75) is 25.0 Å². The minimum Gasteiger partial charge on any atom is -0.465 e. The van der Waals surface area contributed by atoms with E-state index in [0.717, 1.165) is 4.90 Å². The second-order valence-corrected chi connectivity index (χ2v) is 4.73. The van der Waals surface area contributed by atoms with Crippen LogP contribution in [0, 0.1) is 0 Å². The maximum Gasteiger partial charge on any atom is 0.407 e. The SMILES string of the molecule is O=C(NC1CCCN(C(=O)O)CC1O)c1ccccn1. The Balaban J connectivity index is 1.99.